The van der Waals surface area contributed by atoms with E-state index in [1.807, 2.05) is 0 Å². The van der Waals surface area contributed by atoms with E-state index in [0.29, 0.717) is 0 Å². The largest absolute Gasteiger partial charge is 1.00 e. The first-order chi connectivity index (χ1) is 21.7. The van der Waals surface area contributed by atoms with Gasteiger partial charge in [-0.25, -0.2) is 0 Å². The second kappa shape index (κ2) is 19.7. The zero-order valence-electron chi connectivity index (χ0n) is 29.5. The molecule has 0 aliphatic heterocycles. The van der Waals surface area contributed by atoms with Gasteiger partial charge in [-0.15, -0.1) is 68.1 Å². The Morgan fingerprint density at radius 1 is 0.532 bits per heavy atom. The van der Waals surface area contributed by atoms with Gasteiger partial charge in [-0.1, -0.05) is 113 Å². The Balaban J connectivity index is 0.000000270. The number of aryl methyl sites for hydroxylation is 6. The molecule has 0 bridgehead atoms. The molecule has 0 heterocycles. The van der Waals surface area contributed by atoms with Crippen LogP contribution >= 0.6 is 0 Å². The molecule has 0 radical (unpaired) electrons. The number of benzene rings is 4. The van der Waals surface area contributed by atoms with Crippen LogP contribution in [0.4, 0.5) is 0 Å². The van der Waals surface area contributed by atoms with Gasteiger partial charge in [0.05, 0.1) is 0 Å². The Labute approximate surface area is 312 Å². The van der Waals surface area contributed by atoms with Gasteiger partial charge < -0.3 is 24.8 Å². The zero-order valence-corrected chi connectivity index (χ0v) is 34.5. The summed E-state index contributed by atoms with van der Waals surface area (Å²) in [5.41, 5.74) is 13.8. The van der Waals surface area contributed by atoms with Crippen molar-refractivity contribution in [3.63, 3.8) is 0 Å². The second-order valence-electron chi connectivity index (χ2n) is 12.2. The molecule has 6 aromatic carbocycles. The van der Waals surface area contributed by atoms with Crippen molar-refractivity contribution in [1.82, 2.24) is 0 Å². The van der Waals surface area contributed by atoms with Crippen LogP contribution in [0.5, 0.6) is 0 Å². The van der Waals surface area contributed by atoms with Crippen molar-refractivity contribution >= 4 is 27.0 Å². The standard InChI is InChI=1S/C20H21.C19H19.C4H10Si.2ClH.Zr/c1-4-15-7-9-17(10-8-15)18-11-6-14(3)19-12-16(5-2)13-20(18)19;1-4-15-6-8-16(9-7-15)17-10-5-14(3)18-11-13(2)12-19(17)18;1-3-5-4-2;;;/h6-13H,4-5H2,1-3H3;5-12H,4H2,1-3H3;3-4H2,1-2H3;2*1H;/q2*-1;;;;+2/p-2. The summed E-state index contributed by atoms with van der Waals surface area (Å²) in [5, 5.41) is 5.56. The van der Waals surface area contributed by atoms with Crippen molar-refractivity contribution in [3.8, 4) is 22.3 Å². The summed E-state index contributed by atoms with van der Waals surface area (Å²) in [5.74, 6) is 0. The monoisotopic (exact) mass is 754 g/mol. The molecule has 0 nitrogen and oxygen atoms in total. The third kappa shape index (κ3) is 10.4. The van der Waals surface area contributed by atoms with Gasteiger partial charge in [0.2, 0.25) is 0 Å². The predicted molar refractivity (Wildman–Crippen MR) is 199 cm³/mol. The van der Waals surface area contributed by atoms with Crippen molar-refractivity contribution in [2.45, 2.75) is 86.7 Å². The number of rotatable bonds is 7. The fourth-order valence-corrected chi connectivity index (χ4v) is 6.39. The molecular formula is C43H50Cl2SiZr-2. The number of hydrogen-bond donors (Lipinski definition) is 0. The molecule has 6 aromatic rings. The van der Waals surface area contributed by atoms with Crippen molar-refractivity contribution in [3.05, 3.63) is 130 Å². The van der Waals surface area contributed by atoms with Gasteiger partial charge in [-0.3, -0.25) is 0 Å². The first kappa shape index (κ1) is 41.0. The van der Waals surface area contributed by atoms with Gasteiger partial charge in [0.1, 0.15) is 0 Å². The van der Waals surface area contributed by atoms with Crippen LogP contribution in [0.1, 0.15) is 68.0 Å². The SMILES string of the molecule is CC[Si](=[Zr+2])CC.CCc1ccc(-c2ccc(C)c3[cH-]c(C)cc23)cc1.CCc1ccc(-c2ccc(C)c3[cH-]c(CC)cc23)cc1.[Cl-].[Cl-]. The van der Waals surface area contributed by atoms with Gasteiger partial charge in [-0.05, 0) is 41.5 Å². The summed E-state index contributed by atoms with van der Waals surface area (Å²) in [6.45, 7) is 17.8. The quantitative estimate of drug-likeness (QED) is 0.127. The minimum atomic E-state index is 0. The number of fused-ring (bicyclic) bond motifs is 2. The third-order valence-corrected chi connectivity index (χ3v) is 15.9. The smallest absolute Gasteiger partial charge is 0.0279 e. The van der Waals surface area contributed by atoms with Crippen LogP contribution in [-0.4, -0.2) is 5.43 Å². The van der Waals surface area contributed by atoms with E-state index < -0.39 is 0 Å². The Morgan fingerprint density at radius 3 is 1.34 bits per heavy atom. The van der Waals surface area contributed by atoms with Crippen molar-refractivity contribution in [1.29, 1.82) is 0 Å². The molecule has 0 atom stereocenters. The maximum atomic E-state index is 2.35. The van der Waals surface area contributed by atoms with Gasteiger partial charge in [-0.2, -0.15) is 12.1 Å². The fourth-order valence-electron chi connectivity index (χ4n) is 5.89. The van der Waals surface area contributed by atoms with Crippen LogP contribution in [0.25, 0.3) is 43.8 Å². The van der Waals surface area contributed by atoms with Crippen molar-refractivity contribution in [2.75, 3.05) is 0 Å². The number of halogens is 2. The Hall–Kier alpha value is -2.22. The summed E-state index contributed by atoms with van der Waals surface area (Å²) in [6.07, 6.45) is 3.29. The van der Waals surface area contributed by atoms with E-state index in [1.54, 1.807) is 23.3 Å². The fraction of sp³-hybridized carbons (Fsp3) is 0.302. The molecule has 0 aliphatic carbocycles. The average Bonchev–Trinajstić information content (AvgIpc) is 3.70. The minimum absolute atomic E-state index is 0. The molecule has 4 heteroatoms. The van der Waals surface area contributed by atoms with Gasteiger partial charge in [0, 0.05) is 0 Å². The predicted octanol–water partition coefficient (Wildman–Crippen LogP) is 6.64. The van der Waals surface area contributed by atoms with E-state index in [9.17, 15) is 0 Å². The first-order valence-electron chi connectivity index (χ1n) is 16.8. The first-order valence-corrected chi connectivity index (χ1v) is 22.4. The van der Waals surface area contributed by atoms with Crippen molar-refractivity contribution in [2.24, 2.45) is 0 Å². The molecule has 0 spiro atoms. The van der Waals surface area contributed by atoms with Gasteiger partial charge in [0.15, 0.2) is 0 Å². The number of hydrogen-bond acceptors (Lipinski definition) is 0. The molecule has 0 saturated heterocycles. The van der Waals surface area contributed by atoms with Crippen LogP contribution in [0.3, 0.4) is 0 Å². The van der Waals surface area contributed by atoms with Gasteiger partial charge >= 0.3 is 54.7 Å². The summed E-state index contributed by atoms with van der Waals surface area (Å²) in [4.78, 5) is 0. The summed E-state index contributed by atoms with van der Waals surface area (Å²) >= 11 is 1.80. The summed E-state index contributed by atoms with van der Waals surface area (Å²) in [6, 6.07) is 39.1. The van der Waals surface area contributed by atoms with Crippen LogP contribution in [-0.2, 0) is 42.6 Å². The molecule has 0 saturated carbocycles. The van der Waals surface area contributed by atoms with E-state index in [0.717, 1.165) is 19.3 Å². The molecule has 0 amide bonds. The van der Waals surface area contributed by atoms with Crippen LogP contribution in [0.2, 0.25) is 12.1 Å². The Kier molecular flexibility index (Phi) is 17.2. The minimum Gasteiger partial charge on any atom is -1.00 e. The molecule has 6 rings (SSSR count). The van der Waals surface area contributed by atoms with Crippen molar-refractivity contribution < 1.29 is 48.1 Å². The van der Waals surface area contributed by atoms with E-state index in [2.05, 4.69) is 152 Å². The Morgan fingerprint density at radius 2 is 0.957 bits per heavy atom. The van der Waals surface area contributed by atoms with E-state index in [4.69, 9.17) is 0 Å². The second-order valence-corrected chi connectivity index (χ2v) is 20.0. The molecule has 0 N–H and O–H groups in total. The maximum Gasteiger partial charge on any atom is -0.0279 e. The van der Waals surface area contributed by atoms with Crippen LogP contribution in [0.15, 0.2) is 97.1 Å². The normalized spacial score (nSPS) is 10.3. The average molecular weight is 757 g/mol. The molecule has 47 heavy (non-hydrogen) atoms. The van der Waals surface area contributed by atoms with Crippen LogP contribution in [0, 0.1) is 20.8 Å². The maximum absolute atomic E-state index is 2.35. The third-order valence-electron chi connectivity index (χ3n) is 9.02. The van der Waals surface area contributed by atoms with E-state index in [1.165, 1.54) is 89.3 Å². The molecule has 0 aromatic heterocycles. The topological polar surface area (TPSA) is 0 Å². The Bertz CT molecular complexity index is 1850. The van der Waals surface area contributed by atoms with E-state index in [-0.39, 0.29) is 30.2 Å². The van der Waals surface area contributed by atoms with E-state index >= 15 is 0 Å². The molecule has 246 valence electrons. The zero-order chi connectivity index (χ0) is 32.5. The van der Waals surface area contributed by atoms with Gasteiger partial charge in [0.25, 0.3) is 0 Å². The molecule has 0 unspecified atom stereocenters. The summed E-state index contributed by atoms with van der Waals surface area (Å²) in [7, 11) is 0. The molecular weight excluding hydrogens is 707 g/mol. The summed E-state index contributed by atoms with van der Waals surface area (Å²) < 4.78 is 0. The molecule has 0 aliphatic rings. The van der Waals surface area contributed by atoms with Crippen LogP contribution < -0.4 is 24.8 Å². The molecule has 0 fully saturated rings.